The number of halogens is 1. The highest BCUT2D eigenvalue weighted by atomic mass is 35.5. The van der Waals surface area contributed by atoms with Crippen LogP contribution < -0.4 is 10.6 Å². The summed E-state index contributed by atoms with van der Waals surface area (Å²) in [5, 5.41) is 5.98. The third-order valence-corrected chi connectivity index (χ3v) is 4.03. The number of piperidine rings is 1. The quantitative estimate of drug-likeness (QED) is 0.797. The van der Waals surface area contributed by atoms with Crippen molar-refractivity contribution in [1.82, 2.24) is 15.5 Å². The number of hydrogen-bond donors (Lipinski definition) is 2. The van der Waals surface area contributed by atoms with Crippen LogP contribution in [0.25, 0.3) is 0 Å². The molecule has 2 fully saturated rings. The van der Waals surface area contributed by atoms with Crippen LogP contribution >= 0.6 is 12.4 Å². The maximum Gasteiger partial charge on any atom is 0.241 e. The second-order valence-corrected chi connectivity index (χ2v) is 5.61. The van der Waals surface area contributed by atoms with Crippen LogP contribution in [0.5, 0.6) is 0 Å². The maximum atomic E-state index is 12.0. The molecule has 1 atom stereocenters. The van der Waals surface area contributed by atoms with Gasteiger partial charge >= 0.3 is 0 Å². The third kappa shape index (κ3) is 4.08. The van der Waals surface area contributed by atoms with Gasteiger partial charge in [-0.3, -0.25) is 9.59 Å². The minimum atomic E-state index is -0.345. The fourth-order valence-electron chi connectivity index (χ4n) is 2.64. The van der Waals surface area contributed by atoms with Gasteiger partial charge in [-0.05, 0) is 39.2 Å². The van der Waals surface area contributed by atoms with Gasteiger partial charge in [0.05, 0.1) is 12.0 Å². The lowest BCUT2D eigenvalue weighted by Gasteiger charge is -2.28. The van der Waals surface area contributed by atoms with Crippen LogP contribution in [0.1, 0.15) is 32.6 Å². The van der Waals surface area contributed by atoms with E-state index >= 15 is 0 Å². The van der Waals surface area contributed by atoms with Crippen molar-refractivity contribution in [1.29, 1.82) is 0 Å². The molecule has 2 N–H and O–H groups in total. The molecule has 0 aromatic carbocycles. The second-order valence-electron chi connectivity index (χ2n) is 5.61. The van der Waals surface area contributed by atoms with Gasteiger partial charge in [-0.1, -0.05) is 0 Å². The number of likely N-dealkylation sites (tertiary alicyclic amines) is 1. The van der Waals surface area contributed by atoms with E-state index in [9.17, 15) is 9.59 Å². The molecule has 2 rings (SSSR count). The lowest BCUT2D eigenvalue weighted by molar-refractivity contribution is -0.136. The number of nitrogens with zero attached hydrogens (tertiary/aromatic N) is 1. The third-order valence-electron chi connectivity index (χ3n) is 4.03. The van der Waals surface area contributed by atoms with Gasteiger partial charge in [0.1, 0.15) is 0 Å². The van der Waals surface area contributed by atoms with Crippen LogP contribution in [0.3, 0.4) is 0 Å². The SMILES string of the molecule is CC1(C(=O)NCC(=O)N2CCCCC2)CCNC1.Cl. The average molecular weight is 290 g/mol. The monoisotopic (exact) mass is 289 g/mol. The van der Waals surface area contributed by atoms with E-state index in [-0.39, 0.29) is 36.2 Å². The number of hydrogen-bond acceptors (Lipinski definition) is 3. The van der Waals surface area contributed by atoms with E-state index in [1.165, 1.54) is 6.42 Å². The molecule has 19 heavy (non-hydrogen) atoms. The summed E-state index contributed by atoms with van der Waals surface area (Å²) < 4.78 is 0. The first kappa shape index (κ1) is 16.2. The predicted octanol–water partition coefficient (Wildman–Crippen LogP) is 0.536. The van der Waals surface area contributed by atoms with Crippen molar-refractivity contribution in [2.75, 3.05) is 32.7 Å². The molecule has 0 aromatic heterocycles. The average Bonchev–Trinajstić information content (AvgIpc) is 2.85. The molecular weight excluding hydrogens is 266 g/mol. The van der Waals surface area contributed by atoms with Gasteiger partial charge in [-0.15, -0.1) is 12.4 Å². The summed E-state index contributed by atoms with van der Waals surface area (Å²) >= 11 is 0. The van der Waals surface area contributed by atoms with Gasteiger partial charge < -0.3 is 15.5 Å². The summed E-state index contributed by atoms with van der Waals surface area (Å²) in [6.07, 6.45) is 4.22. The molecule has 2 saturated heterocycles. The van der Waals surface area contributed by atoms with Gasteiger partial charge in [-0.25, -0.2) is 0 Å². The smallest absolute Gasteiger partial charge is 0.241 e. The van der Waals surface area contributed by atoms with Crippen LogP contribution in [-0.2, 0) is 9.59 Å². The molecule has 2 aliphatic rings. The lowest BCUT2D eigenvalue weighted by atomic mass is 9.89. The summed E-state index contributed by atoms with van der Waals surface area (Å²) in [4.78, 5) is 25.8. The Morgan fingerprint density at radius 2 is 1.95 bits per heavy atom. The summed E-state index contributed by atoms with van der Waals surface area (Å²) in [5.74, 6) is 0.0514. The Bertz CT molecular complexity index is 324. The highest BCUT2D eigenvalue weighted by Crippen LogP contribution is 2.24. The number of carbonyl (C=O) groups excluding carboxylic acids is 2. The lowest BCUT2D eigenvalue weighted by Crippen LogP contribution is -2.47. The minimum absolute atomic E-state index is 0. The first-order chi connectivity index (χ1) is 8.62. The summed E-state index contributed by atoms with van der Waals surface area (Å²) in [6.45, 7) is 5.36. The van der Waals surface area contributed by atoms with E-state index in [1.54, 1.807) is 0 Å². The molecule has 0 aromatic rings. The Hall–Kier alpha value is -0.810. The maximum absolute atomic E-state index is 12.0. The van der Waals surface area contributed by atoms with Crippen molar-refractivity contribution in [3.63, 3.8) is 0 Å². The Balaban J connectivity index is 0.00000180. The van der Waals surface area contributed by atoms with Crippen molar-refractivity contribution in [2.24, 2.45) is 5.41 Å². The molecule has 2 aliphatic heterocycles. The number of nitrogens with one attached hydrogen (secondary N) is 2. The van der Waals surface area contributed by atoms with Crippen molar-refractivity contribution >= 4 is 24.2 Å². The number of carbonyl (C=O) groups is 2. The molecule has 0 aliphatic carbocycles. The molecule has 5 nitrogen and oxygen atoms in total. The molecule has 0 radical (unpaired) electrons. The van der Waals surface area contributed by atoms with E-state index in [1.807, 2.05) is 11.8 Å². The molecule has 6 heteroatoms. The minimum Gasteiger partial charge on any atom is -0.347 e. The topological polar surface area (TPSA) is 61.4 Å². The first-order valence-electron chi connectivity index (χ1n) is 6.89. The zero-order valence-corrected chi connectivity index (χ0v) is 12.4. The summed E-state index contributed by atoms with van der Waals surface area (Å²) in [6, 6.07) is 0. The first-order valence-corrected chi connectivity index (χ1v) is 6.89. The molecule has 0 bridgehead atoms. The zero-order valence-electron chi connectivity index (χ0n) is 11.5. The molecule has 0 spiro atoms. The molecule has 2 amide bonds. The fraction of sp³-hybridized carbons (Fsp3) is 0.846. The van der Waals surface area contributed by atoms with E-state index in [2.05, 4.69) is 10.6 Å². The Morgan fingerprint density at radius 1 is 1.26 bits per heavy atom. The van der Waals surface area contributed by atoms with Crippen molar-refractivity contribution in [3.8, 4) is 0 Å². The predicted molar refractivity (Wildman–Crippen MR) is 76.3 cm³/mol. The summed E-state index contributed by atoms with van der Waals surface area (Å²) in [7, 11) is 0. The van der Waals surface area contributed by atoms with Crippen LogP contribution in [0.4, 0.5) is 0 Å². The molecule has 0 saturated carbocycles. The van der Waals surface area contributed by atoms with Crippen molar-refractivity contribution in [2.45, 2.75) is 32.6 Å². The Labute approximate surface area is 120 Å². The van der Waals surface area contributed by atoms with Gasteiger partial charge in [0.25, 0.3) is 0 Å². The Morgan fingerprint density at radius 3 is 2.53 bits per heavy atom. The normalized spacial score (nSPS) is 26.7. The van der Waals surface area contributed by atoms with Gasteiger partial charge in [0, 0.05) is 19.6 Å². The molecule has 2 heterocycles. The Kier molecular flexibility index (Phi) is 6.07. The standard InChI is InChI=1S/C13H23N3O2.ClH/c1-13(5-6-14-10-13)12(18)15-9-11(17)16-7-3-2-4-8-16;/h14H,2-10H2,1H3,(H,15,18);1H. The van der Waals surface area contributed by atoms with Crippen LogP contribution in [0, 0.1) is 5.41 Å². The second kappa shape index (κ2) is 7.10. The van der Waals surface area contributed by atoms with E-state index in [0.29, 0.717) is 6.54 Å². The van der Waals surface area contributed by atoms with E-state index in [4.69, 9.17) is 0 Å². The van der Waals surface area contributed by atoms with Gasteiger partial charge in [0.15, 0.2) is 0 Å². The zero-order chi connectivity index (χ0) is 13.0. The largest absolute Gasteiger partial charge is 0.347 e. The number of rotatable bonds is 3. The molecular formula is C13H24ClN3O2. The molecule has 110 valence electrons. The number of amides is 2. The van der Waals surface area contributed by atoms with Crippen LogP contribution in [0.2, 0.25) is 0 Å². The van der Waals surface area contributed by atoms with Gasteiger partial charge in [-0.2, -0.15) is 0 Å². The highest BCUT2D eigenvalue weighted by molar-refractivity contribution is 5.88. The fourth-order valence-corrected chi connectivity index (χ4v) is 2.64. The van der Waals surface area contributed by atoms with Crippen molar-refractivity contribution in [3.05, 3.63) is 0 Å². The van der Waals surface area contributed by atoms with E-state index in [0.717, 1.165) is 38.9 Å². The van der Waals surface area contributed by atoms with E-state index < -0.39 is 0 Å². The van der Waals surface area contributed by atoms with Crippen LogP contribution in [0.15, 0.2) is 0 Å². The van der Waals surface area contributed by atoms with Crippen LogP contribution in [-0.4, -0.2) is 49.4 Å². The highest BCUT2D eigenvalue weighted by Gasteiger charge is 2.36. The molecule has 1 unspecified atom stereocenters. The van der Waals surface area contributed by atoms with Crippen molar-refractivity contribution < 1.29 is 9.59 Å². The van der Waals surface area contributed by atoms with Gasteiger partial charge in [0.2, 0.25) is 11.8 Å². The summed E-state index contributed by atoms with van der Waals surface area (Å²) in [5.41, 5.74) is -0.345.